The van der Waals surface area contributed by atoms with Crippen molar-refractivity contribution in [1.29, 1.82) is 0 Å². The highest BCUT2D eigenvalue weighted by Gasteiger charge is 2.13. The van der Waals surface area contributed by atoms with Gasteiger partial charge >= 0.3 is 0 Å². The average molecular weight is 163 g/mol. The first kappa shape index (κ1) is 10.8. The highest BCUT2D eigenvalue weighted by atomic mass is 16.5. The minimum Gasteiger partial charge on any atom is -0.389 e. The van der Waals surface area contributed by atoms with Crippen molar-refractivity contribution in [2.45, 2.75) is 25.7 Å². The Kier molecular flexibility index (Phi) is 4.60. The van der Waals surface area contributed by atoms with Crippen molar-refractivity contribution in [2.75, 3.05) is 20.3 Å². The molecule has 3 N–H and O–H groups in total. The topological polar surface area (TPSA) is 61.7 Å². The van der Waals surface area contributed by atoms with E-state index in [0.29, 0.717) is 6.54 Å². The Hall–Kier alpha value is -0.160. The molecule has 0 aromatic carbocycles. The Labute approximate surface area is 67.2 Å². The summed E-state index contributed by atoms with van der Waals surface area (Å²) >= 11 is 0. The van der Waals surface area contributed by atoms with E-state index in [1.165, 1.54) is 7.11 Å². The molecule has 11 heavy (non-hydrogen) atoms. The monoisotopic (exact) mass is 163 g/mol. The van der Waals surface area contributed by atoms with Gasteiger partial charge in [0.15, 0.2) is 0 Å². The second-order valence-corrected chi connectivity index (χ2v) is 3.16. The van der Waals surface area contributed by atoms with E-state index in [-0.39, 0.29) is 6.61 Å². The third kappa shape index (κ3) is 7.74. The van der Waals surface area contributed by atoms with Crippen LogP contribution in [-0.2, 0) is 4.74 Å². The molecule has 1 atom stereocenters. The van der Waals surface area contributed by atoms with Crippen molar-refractivity contribution in [3.8, 4) is 0 Å². The lowest BCUT2D eigenvalue weighted by Gasteiger charge is -2.20. The van der Waals surface area contributed by atoms with Gasteiger partial charge in [-0.2, -0.15) is 0 Å². The second-order valence-electron chi connectivity index (χ2n) is 3.16. The Morgan fingerprint density at radius 2 is 2.09 bits per heavy atom. The van der Waals surface area contributed by atoms with Crippen LogP contribution in [0.5, 0.6) is 0 Å². The van der Waals surface area contributed by atoms with Crippen molar-refractivity contribution in [3.63, 3.8) is 0 Å². The Balaban J connectivity index is 3.38. The van der Waals surface area contributed by atoms with Crippen LogP contribution in [0, 0.1) is 0 Å². The minimum absolute atomic E-state index is 0.232. The number of ether oxygens (including phenoxy) is 1. The summed E-state index contributed by atoms with van der Waals surface area (Å²) in [6.07, 6.45) is -0.702. The van der Waals surface area contributed by atoms with Crippen molar-refractivity contribution in [2.24, 2.45) is 0 Å². The molecule has 0 aromatic rings. The van der Waals surface area contributed by atoms with Crippen molar-refractivity contribution in [1.82, 2.24) is 5.32 Å². The molecule has 0 amide bonds. The molecule has 0 saturated carbocycles. The molecule has 0 spiro atoms. The molecule has 0 radical (unpaired) electrons. The quantitative estimate of drug-likeness (QED) is 0.470. The second kappa shape index (κ2) is 4.66. The number of methoxy groups -OCH3 is 1. The standard InChI is InChI=1S/C7H17NO3/c1-7(2,10)5-8-6(9)4-11-3/h6,8-10H,4-5H2,1-3H3. The third-order valence-corrected chi connectivity index (χ3v) is 1.09. The zero-order valence-corrected chi connectivity index (χ0v) is 7.29. The number of hydrogen-bond donors (Lipinski definition) is 3. The van der Waals surface area contributed by atoms with E-state index < -0.39 is 11.8 Å². The summed E-state index contributed by atoms with van der Waals surface area (Å²) in [6.45, 7) is 3.91. The maximum atomic E-state index is 9.22. The van der Waals surface area contributed by atoms with E-state index in [1.807, 2.05) is 0 Å². The molecule has 4 heteroatoms. The van der Waals surface area contributed by atoms with E-state index in [1.54, 1.807) is 13.8 Å². The largest absolute Gasteiger partial charge is 0.389 e. The summed E-state index contributed by atoms with van der Waals surface area (Å²) in [5.41, 5.74) is -0.797. The zero-order valence-electron chi connectivity index (χ0n) is 7.29. The summed E-state index contributed by atoms with van der Waals surface area (Å²) in [7, 11) is 1.51. The molecule has 0 heterocycles. The number of aliphatic hydroxyl groups excluding tert-OH is 1. The van der Waals surface area contributed by atoms with Gasteiger partial charge in [0.1, 0.15) is 6.23 Å². The normalized spacial score (nSPS) is 15.0. The molecule has 68 valence electrons. The molecule has 0 rings (SSSR count). The molecule has 0 aliphatic rings. The van der Waals surface area contributed by atoms with Crippen LogP contribution in [0.1, 0.15) is 13.8 Å². The highest BCUT2D eigenvalue weighted by Crippen LogP contribution is 1.97. The molecular formula is C7H17NO3. The molecule has 0 saturated heterocycles. The number of aliphatic hydroxyl groups is 2. The van der Waals surface area contributed by atoms with Crippen LogP contribution in [0.25, 0.3) is 0 Å². The fraction of sp³-hybridized carbons (Fsp3) is 1.00. The van der Waals surface area contributed by atoms with Gasteiger partial charge in [0.2, 0.25) is 0 Å². The van der Waals surface area contributed by atoms with Gasteiger partial charge in [-0.05, 0) is 13.8 Å². The van der Waals surface area contributed by atoms with Gasteiger partial charge in [0.25, 0.3) is 0 Å². The Morgan fingerprint density at radius 1 is 1.55 bits per heavy atom. The molecule has 0 aliphatic heterocycles. The summed E-state index contributed by atoms with van der Waals surface area (Å²) < 4.78 is 4.67. The first-order chi connectivity index (χ1) is 4.95. The van der Waals surface area contributed by atoms with Crippen molar-refractivity contribution >= 4 is 0 Å². The molecular weight excluding hydrogens is 146 g/mol. The first-order valence-corrected chi connectivity index (χ1v) is 3.58. The SMILES string of the molecule is COCC(O)NCC(C)(C)O. The van der Waals surface area contributed by atoms with Gasteiger partial charge < -0.3 is 14.9 Å². The Morgan fingerprint density at radius 3 is 2.45 bits per heavy atom. The molecule has 0 bridgehead atoms. The van der Waals surface area contributed by atoms with Crippen LogP contribution in [0.4, 0.5) is 0 Å². The van der Waals surface area contributed by atoms with Gasteiger partial charge in [-0.15, -0.1) is 0 Å². The lowest BCUT2D eigenvalue weighted by Crippen LogP contribution is -2.42. The van der Waals surface area contributed by atoms with Gasteiger partial charge in [0, 0.05) is 13.7 Å². The van der Waals surface area contributed by atoms with Crippen LogP contribution in [-0.4, -0.2) is 42.3 Å². The van der Waals surface area contributed by atoms with Gasteiger partial charge in [0.05, 0.1) is 12.2 Å². The van der Waals surface area contributed by atoms with Gasteiger partial charge in [-0.3, -0.25) is 5.32 Å². The van der Waals surface area contributed by atoms with Crippen LogP contribution < -0.4 is 5.32 Å². The summed E-state index contributed by atoms with van der Waals surface area (Å²) in [5, 5.41) is 21.0. The third-order valence-electron chi connectivity index (χ3n) is 1.09. The van der Waals surface area contributed by atoms with Crippen LogP contribution in [0.2, 0.25) is 0 Å². The van der Waals surface area contributed by atoms with E-state index in [2.05, 4.69) is 10.1 Å². The van der Waals surface area contributed by atoms with E-state index in [4.69, 9.17) is 5.11 Å². The molecule has 0 aromatic heterocycles. The fourth-order valence-electron chi connectivity index (χ4n) is 0.584. The number of nitrogens with one attached hydrogen (secondary N) is 1. The lowest BCUT2D eigenvalue weighted by molar-refractivity contribution is 0.0141. The predicted octanol–water partition coefficient (Wildman–Crippen LogP) is -0.688. The number of hydrogen-bond acceptors (Lipinski definition) is 4. The Bertz CT molecular complexity index is 100. The number of rotatable bonds is 5. The fourth-order valence-corrected chi connectivity index (χ4v) is 0.584. The van der Waals surface area contributed by atoms with E-state index in [9.17, 15) is 5.11 Å². The van der Waals surface area contributed by atoms with Gasteiger partial charge in [-0.1, -0.05) is 0 Å². The summed E-state index contributed by atoms with van der Waals surface area (Å²) in [5.74, 6) is 0. The van der Waals surface area contributed by atoms with Crippen LogP contribution in [0.3, 0.4) is 0 Å². The van der Waals surface area contributed by atoms with Gasteiger partial charge in [-0.25, -0.2) is 0 Å². The summed E-state index contributed by atoms with van der Waals surface area (Å²) in [4.78, 5) is 0. The highest BCUT2D eigenvalue weighted by molar-refractivity contribution is 4.69. The molecule has 0 aliphatic carbocycles. The average Bonchev–Trinajstić information content (AvgIpc) is 1.83. The van der Waals surface area contributed by atoms with Crippen molar-refractivity contribution in [3.05, 3.63) is 0 Å². The minimum atomic E-state index is -0.797. The van der Waals surface area contributed by atoms with Crippen LogP contribution >= 0.6 is 0 Å². The molecule has 4 nitrogen and oxygen atoms in total. The molecule has 1 unspecified atom stereocenters. The van der Waals surface area contributed by atoms with Crippen molar-refractivity contribution < 1.29 is 14.9 Å². The van der Waals surface area contributed by atoms with E-state index in [0.717, 1.165) is 0 Å². The summed E-state index contributed by atoms with van der Waals surface area (Å²) in [6, 6.07) is 0. The van der Waals surface area contributed by atoms with E-state index >= 15 is 0 Å². The smallest absolute Gasteiger partial charge is 0.128 e. The predicted molar refractivity (Wildman–Crippen MR) is 42.2 cm³/mol. The zero-order chi connectivity index (χ0) is 8.91. The molecule has 0 fully saturated rings. The maximum Gasteiger partial charge on any atom is 0.128 e. The first-order valence-electron chi connectivity index (χ1n) is 3.58. The van der Waals surface area contributed by atoms with Crippen LogP contribution in [0.15, 0.2) is 0 Å². The maximum absolute atomic E-state index is 9.22. The lowest BCUT2D eigenvalue weighted by atomic mass is 10.1.